The Bertz CT molecular complexity index is 881. The van der Waals surface area contributed by atoms with E-state index in [9.17, 15) is 4.79 Å². The third-order valence-corrected chi connectivity index (χ3v) is 5.00. The van der Waals surface area contributed by atoms with Crippen molar-refractivity contribution in [1.82, 2.24) is 20.1 Å². The van der Waals surface area contributed by atoms with E-state index in [1.165, 1.54) is 0 Å². The van der Waals surface area contributed by atoms with Gasteiger partial charge in [0.1, 0.15) is 0 Å². The van der Waals surface area contributed by atoms with Gasteiger partial charge in [-0.1, -0.05) is 12.1 Å². The third-order valence-electron chi connectivity index (χ3n) is 3.97. The fourth-order valence-electron chi connectivity index (χ4n) is 2.77. The van der Waals surface area contributed by atoms with E-state index in [1.54, 1.807) is 16.0 Å². The summed E-state index contributed by atoms with van der Waals surface area (Å²) in [5.41, 5.74) is 4.75. The van der Waals surface area contributed by atoms with Crippen LogP contribution in [0.4, 0.5) is 0 Å². The molecule has 1 aromatic carbocycles. The summed E-state index contributed by atoms with van der Waals surface area (Å²) in [6, 6.07) is 7.68. The minimum atomic E-state index is -0.0429. The number of nitrogens with one attached hydrogen (secondary N) is 1. The Labute approximate surface area is 151 Å². The Hall–Kier alpha value is -2.47. The lowest BCUT2D eigenvalue weighted by molar-refractivity contribution is 0.0953. The molecule has 0 radical (unpaired) electrons. The molecule has 5 nitrogen and oxygen atoms in total. The SMILES string of the molecule is Cc1csc(CCCNC(=O)c2cccc(-c3cn(C)nc3C)c2)n1. The first-order valence-corrected chi connectivity index (χ1v) is 9.21. The van der Waals surface area contributed by atoms with Crippen LogP contribution < -0.4 is 5.32 Å². The highest BCUT2D eigenvalue weighted by Crippen LogP contribution is 2.23. The molecule has 2 aromatic heterocycles. The molecule has 0 saturated carbocycles. The third kappa shape index (κ3) is 4.33. The molecule has 0 aliphatic heterocycles. The summed E-state index contributed by atoms with van der Waals surface area (Å²) in [7, 11) is 1.90. The van der Waals surface area contributed by atoms with Gasteiger partial charge in [-0.2, -0.15) is 5.10 Å². The smallest absolute Gasteiger partial charge is 0.251 e. The van der Waals surface area contributed by atoms with Crippen LogP contribution in [0.1, 0.15) is 33.2 Å². The van der Waals surface area contributed by atoms with Gasteiger partial charge in [0.2, 0.25) is 0 Å². The zero-order valence-electron chi connectivity index (χ0n) is 14.7. The second kappa shape index (κ2) is 7.61. The van der Waals surface area contributed by atoms with Crippen LogP contribution in [-0.4, -0.2) is 27.2 Å². The molecule has 0 unspecified atom stereocenters. The normalized spacial score (nSPS) is 10.8. The molecule has 3 rings (SSSR count). The average Bonchev–Trinajstić information content (AvgIpc) is 3.16. The van der Waals surface area contributed by atoms with Crippen molar-refractivity contribution >= 4 is 17.2 Å². The quantitative estimate of drug-likeness (QED) is 0.689. The van der Waals surface area contributed by atoms with E-state index in [4.69, 9.17) is 0 Å². The second-order valence-electron chi connectivity index (χ2n) is 6.12. The van der Waals surface area contributed by atoms with E-state index in [2.05, 4.69) is 20.8 Å². The van der Waals surface area contributed by atoms with Crippen molar-refractivity contribution in [3.8, 4) is 11.1 Å². The van der Waals surface area contributed by atoms with Gasteiger partial charge in [0, 0.05) is 48.4 Å². The molecule has 0 spiro atoms. The number of hydrogen-bond acceptors (Lipinski definition) is 4. The van der Waals surface area contributed by atoms with E-state index in [-0.39, 0.29) is 5.91 Å². The van der Waals surface area contributed by atoms with E-state index in [0.717, 1.165) is 40.4 Å². The molecule has 25 heavy (non-hydrogen) atoms. The minimum absolute atomic E-state index is 0.0429. The summed E-state index contributed by atoms with van der Waals surface area (Å²) < 4.78 is 1.79. The molecule has 3 aromatic rings. The van der Waals surface area contributed by atoms with E-state index < -0.39 is 0 Å². The van der Waals surface area contributed by atoms with Crippen LogP contribution >= 0.6 is 11.3 Å². The van der Waals surface area contributed by atoms with E-state index in [1.807, 2.05) is 51.4 Å². The Morgan fingerprint density at radius 3 is 2.84 bits per heavy atom. The second-order valence-corrected chi connectivity index (χ2v) is 7.07. The highest BCUT2D eigenvalue weighted by Gasteiger charge is 2.10. The lowest BCUT2D eigenvalue weighted by Gasteiger charge is -2.06. The van der Waals surface area contributed by atoms with Crippen LogP contribution in [0.2, 0.25) is 0 Å². The van der Waals surface area contributed by atoms with Crippen LogP contribution in [0.25, 0.3) is 11.1 Å². The van der Waals surface area contributed by atoms with Crippen LogP contribution in [-0.2, 0) is 13.5 Å². The number of hydrogen-bond donors (Lipinski definition) is 1. The van der Waals surface area contributed by atoms with Gasteiger partial charge in [-0.3, -0.25) is 9.48 Å². The van der Waals surface area contributed by atoms with Gasteiger partial charge in [-0.15, -0.1) is 11.3 Å². The fraction of sp³-hybridized carbons (Fsp3) is 0.316. The summed E-state index contributed by atoms with van der Waals surface area (Å²) in [6.07, 6.45) is 3.76. The summed E-state index contributed by atoms with van der Waals surface area (Å²) in [5, 5.41) is 10.5. The van der Waals surface area contributed by atoms with Gasteiger partial charge in [0.25, 0.3) is 5.91 Å². The number of nitrogens with zero attached hydrogens (tertiary/aromatic N) is 3. The molecular formula is C19H22N4OS. The highest BCUT2D eigenvalue weighted by molar-refractivity contribution is 7.09. The molecule has 0 atom stereocenters. The van der Waals surface area contributed by atoms with Crippen molar-refractivity contribution in [1.29, 1.82) is 0 Å². The van der Waals surface area contributed by atoms with Crippen molar-refractivity contribution < 1.29 is 4.79 Å². The zero-order chi connectivity index (χ0) is 17.8. The number of aromatic nitrogens is 3. The summed E-state index contributed by atoms with van der Waals surface area (Å²) in [4.78, 5) is 16.8. The first-order chi connectivity index (χ1) is 12.0. The number of amides is 1. The lowest BCUT2D eigenvalue weighted by atomic mass is 10.0. The zero-order valence-corrected chi connectivity index (χ0v) is 15.6. The number of carbonyl (C=O) groups excluding carboxylic acids is 1. The van der Waals surface area contributed by atoms with Crippen molar-refractivity contribution in [3.05, 3.63) is 57.8 Å². The van der Waals surface area contributed by atoms with Crippen LogP contribution in [0.3, 0.4) is 0 Å². The molecule has 1 N–H and O–H groups in total. The first-order valence-electron chi connectivity index (χ1n) is 8.33. The summed E-state index contributed by atoms with van der Waals surface area (Å²) >= 11 is 1.68. The van der Waals surface area contributed by atoms with Crippen molar-refractivity contribution in [2.75, 3.05) is 6.54 Å². The molecule has 130 valence electrons. The molecule has 0 fully saturated rings. The van der Waals surface area contributed by atoms with Gasteiger partial charge in [-0.05, 0) is 38.0 Å². The van der Waals surface area contributed by atoms with Gasteiger partial charge in [0.15, 0.2) is 0 Å². The Morgan fingerprint density at radius 1 is 1.32 bits per heavy atom. The molecule has 0 bridgehead atoms. The molecule has 0 aliphatic rings. The Morgan fingerprint density at radius 2 is 2.16 bits per heavy atom. The number of thiazole rings is 1. The average molecular weight is 354 g/mol. The molecule has 0 saturated heterocycles. The maximum atomic E-state index is 12.4. The minimum Gasteiger partial charge on any atom is -0.352 e. The van der Waals surface area contributed by atoms with E-state index in [0.29, 0.717) is 12.1 Å². The Kier molecular flexibility index (Phi) is 5.28. The predicted molar refractivity (Wildman–Crippen MR) is 101 cm³/mol. The van der Waals surface area contributed by atoms with Crippen LogP contribution in [0.5, 0.6) is 0 Å². The van der Waals surface area contributed by atoms with Crippen LogP contribution in [0.15, 0.2) is 35.8 Å². The number of carbonyl (C=O) groups is 1. The van der Waals surface area contributed by atoms with Crippen LogP contribution in [0, 0.1) is 13.8 Å². The van der Waals surface area contributed by atoms with Gasteiger partial charge in [-0.25, -0.2) is 4.98 Å². The molecule has 2 heterocycles. The monoisotopic (exact) mass is 354 g/mol. The number of benzene rings is 1. The largest absolute Gasteiger partial charge is 0.352 e. The van der Waals surface area contributed by atoms with Gasteiger partial charge in [0.05, 0.1) is 10.7 Å². The predicted octanol–water partition coefficient (Wildman–Crippen LogP) is 3.52. The maximum Gasteiger partial charge on any atom is 0.251 e. The fourth-order valence-corrected chi connectivity index (χ4v) is 3.59. The highest BCUT2D eigenvalue weighted by atomic mass is 32.1. The summed E-state index contributed by atoms with van der Waals surface area (Å²) in [6.45, 7) is 4.62. The van der Waals surface area contributed by atoms with Crippen molar-refractivity contribution in [3.63, 3.8) is 0 Å². The molecular weight excluding hydrogens is 332 g/mol. The topological polar surface area (TPSA) is 59.8 Å². The molecule has 0 aliphatic carbocycles. The van der Waals surface area contributed by atoms with E-state index >= 15 is 0 Å². The first kappa shape index (κ1) is 17.4. The number of rotatable bonds is 6. The lowest BCUT2D eigenvalue weighted by Crippen LogP contribution is -2.24. The summed E-state index contributed by atoms with van der Waals surface area (Å²) in [5.74, 6) is -0.0429. The van der Waals surface area contributed by atoms with Gasteiger partial charge >= 0.3 is 0 Å². The van der Waals surface area contributed by atoms with Gasteiger partial charge < -0.3 is 5.32 Å². The molecule has 6 heteroatoms. The molecule has 1 amide bonds. The maximum absolute atomic E-state index is 12.4. The number of aryl methyl sites for hydroxylation is 4. The Balaban J connectivity index is 1.59. The van der Waals surface area contributed by atoms with Crippen molar-refractivity contribution in [2.45, 2.75) is 26.7 Å². The standard InChI is InChI=1S/C19H22N4OS/c1-13-12-25-18(21-13)8-5-9-20-19(24)16-7-4-6-15(10-16)17-11-23(3)22-14(17)2/h4,6-7,10-12H,5,8-9H2,1-3H3,(H,20,24). The van der Waals surface area contributed by atoms with Crippen molar-refractivity contribution in [2.24, 2.45) is 7.05 Å².